The summed E-state index contributed by atoms with van der Waals surface area (Å²) in [7, 11) is 0. The first-order valence-electron chi connectivity index (χ1n) is 5.78. The van der Waals surface area contributed by atoms with Gasteiger partial charge in [-0.25, -0.2) is 0 Å². The molecular weight excluding hydrogens is 255 g/mol. The van der Waals surface area contributed by atoms with E-state index in [2.05, 4.69) is 5.32 Å². The Balaban J connectivity index is 2.20. The molecule has 0 spiro atoms. The molecule has 0 radical (unpaired) electrons. The van der Waals surface area contributed by atoms with Crippen LogP contribution < -0.4 is 5.32 Å². The molecule has 1 atom stereocenters. The van der Waals surface area contributed by atoms with E-state index in [1.807, 2.05) is 0 Å². The molecule has 0 aliphatic carbocycles. The van der Waals surface area contributed by atoms with Crippen LogP contribution >= 0.6 is 0 Å². The summed E-state index contributed by atoms with van der Waals surface area (Å²) in [5, 5.41) is 2.65. The van der Waals surface area contributed by atoms with E-state index >= 15 is 0 Å². The van der Waals surface area contributed by atoms with Crippen LogP contribution in [0.3, 0.4) is 0 Å². The van der Waals surface area contributed by atoms with Gasteiger partial charge in [-0.2, -0.15) is 13.2 Å². The van der Waals surface area contributed by atoms with E-state index in [1.54, 1.807) is 18.2 Å². The highest BCUT2D eigenvalue weighted by Crippen LogP contribution is 2.32. The van der Waals surface area contributed by atoms with Gasteiger partial charge in [-0.1, -0.05) is 36.4 Å². The van der Waals surface area contributed by atoms with Crippen molar-refractivity contribution in [2.24, 2.45) is 0 Å². The fourth-order valence-electron chi connectivity index (χ4n) is 1.86. The summed E-state index contributed by atoms with van der Waals surface area (Å²) in [4.78, 5) is 11.1. The average Bonchev–Trinajstić information content (AvgIpc) is 2.36. The molecule has 5 heteroatoms. The lowest BCUT2D eigenvalue weighted by Gasteiger charge is -2.16. The number of alkyl halides is 3. The second-order valence-electron chi connectivity index (χ2n) is 4.20. The highest BCUT2D eigenvalue weighted by Gasteiger charge is 2.32. The predicted octanol–water partition coefficient (Wildman–Crippen LogP) is 3.16. The van der Waals surface area contributed by atoms with Crippen molar-refractivity contribution in [3.8, 4) is 0 Å². The molecule has 0 saturated carbocycles. The maximum absolute atomic E-state index is 12.8. The van der Waals surface area contributed by atoms with Gasteiger partial charge in [0, 0.05) is 0 Å². The molecule has 2 rings (SSSR count). The van der Waals surface area contributed by atoms with Gasteiger partial charge in [0.1, 0.15) is 0 Å². The summed E-state index contributed by atoms with van der Waals surface area (Å²) < 4.78 is 38.3. The SMILES string of the molecule is O=C1C=CCC(/C=C/c2ccccc2C(F)(F)F)N1. The standard InChI is InChI=1S/C14H12F3NO/c15-14(16,17)12-6-2-1-4-10(12)8-9-11-5-3-7-13(19)18-11/h1-4,6-9,11H,5H2,(H,18,19)/b9-8+. The van der Waals surface area contributed by atoms with Crippen LogP contribution in [0.15, 0.2) is 42.5 Å². The smallest absolute Gasteiger partial charge is 0.346 e. The molecule has 0 fully saturated rings. The zero-order valence-electron chi connectivity index (χ0n) is 9.95. The van der Waals surface area contributed by atoms with Crippen LogP contribution in [0.25, 0.3) is 6.08 Å². The molecule has 0 aromatic heterocycles. The molecule has 1 aromatic carbocycles. The lowest BCUT2D eigenvalue weighted by Crippen LogP contribution is -2.34. The zero-order valence-corrected chi connectivity index (χ0v) is 9.95. The van der Waals surface area contributed by atoms with Crippen molar-refractivity contribution in [2.75, 3.05) is 0 Å². The molecule has 0 bridgehead atoms. The Bertz CT molecular complexity index is 532. The van der Waals surface area contributed by atoms with Crippen LogP contribution in [-0.4, -0.2) is 11.9 Å². The quantitative estimate of drug-likeness (QED) is 0.876. The maximum atomic E-state index is 12.8. The number of benzene rings is 1. The minimum absolute atomic E-state index is 0.0961. The van der Waals surface area contributed by atoms with E-state index in [1.165, 1.54) is 24.3 Å². The number of nitrogens with one attached hydrogen (secondary N) is 1. The average molecular weight is 267 g/mol. The number of rotatable bonds is 2. The fourth-order valence-corrected chi connectivity index (χ4v) is 1.86. The minimum atomic E-state index is -4.38. The van der Waals surface area contributed by atoms with Gasteiger partial charge in [-0.05, 0) is 24.1 Å². The molecule has 0 saturated heterocycles. The fraction of sp³-hybridized carbons (Fsp3) is 0.214. The van der Waals surface area contributed by atoms with Gasteiger partial charge in [-0.15, -0.1) is 0 Å². The van der Waals surface area contributed by atoms with Crippen LogP contribution in [0.2, 0.25) is 0 Å². The molecule has 1 aromatic rings. The second-order valence-corrected chi connectivity index (χ2v) is 4.20. The minimum Gasteiger partial charge on any atom is -0.346 e. The van der Waals surface area contributed by atoms with E-state index in [0.717, 1.165) is 6.07 Å². The van der Waals surface area contributed by atoms with Gasteiger partial charge in [0.2, 0.25) is 5.91 Å². The van der Waals surface area contributed by atoms with Crippen molar-refractivity contribution in [2.45, 2.75) is 18.6 Å². The third-order valence-corrected chi connectivity index (χ3v) is 2.76. The molecule has 1 unspecified atom stereocenters. The molecule has 1 amide bonds. The Morgan fingerprint density at radius 1 is 1.26 bits per heavy atom. The Kier molecular flexibility index (Phi) is 3.74. The van der Waals surface area contributed by atoms with Crippen LogP contribution in [0, 0.1) is 0 Å². The Morgan fingerprint density at radius 3 is 2.68 bits per heavy atom. The zero-order chi connectivity index (χ0) is 13.9. The third kappa shape index (κ3) is 3.47. The lowest BCUT2D eigenvalue weighted by atomic mass is 10.0. The lowest BCUT2D eigenvalue weighted by molar-refractivity contribution is -0.137. The molecule has 19 heavy (non-hydrogen) atoms. The topological polar surface area (TPSA) is 29.1 Å². The van der Waals surface area contributed by atoms with Crippen LogP contribution in [0.1, 0.15) is 17.5 Å². The van der Waals surface area contributed by atoms with Crippen molar-refractivity contribution >= 4 is 12.0 Å². The van der Waals surface area contributed by atoms with Crippen molar-refractivity contribution in [1.82, 2.24) is 5.32 Å². The number of halogens is 3. The molecule has 1 aliphatic heterocycles. The van der Waals surface area contributed by atoms with Crippen molar-refractivity contribution in [3.63, 3.8) is 0 Å². The van der Waals surface area contributed by atoms with Crippen molar-refractivity contribution in [3.05, 3.63) is 53.6 Å². The molecule has 1 heterocycles. The van der Waals surface area contributed by atoms with Crippen LogP contribution in [-0.2, 0) is 11.0 Å². The van der Waals surface area contributed by atoms with E-state index in [4.69, 9.17) is 0 Å². The first-order chi connectivity index (χ1) is 8.97. The first kappa shape index (κ1) is 13.4. The highest BCUT2D eigenvalue weighted by molar-refractivity contribution is 5.88. The Morgan fingerprint density at radius 2 is 2.00 bits per heavy atom. The van der Waals surface area contributed by atoms with Crippen molar-refractivity contribution < 1.29 is 18.0 Å². The maximum Gasteiger partial charge on any atom is 0.416 e. The van der Waals surface area contributed by atoms with E-state index in [9.17, 15) is 18.0 Å². The number of hydrogen-bond acceptors (Lipinski definition) is 1. The summed E-state index contributed by atoms with van der Waals surface area (Å²) in [6, 6.07) is 5.08. The van der Waals surface area contributed by atoms with Gasteiger partial charge >= 0.3 is 6.18 Å². The number of hydrogen-bond donors (Lipinski definition) is 1. The number of carbonyl (C=O) groups is 1. The van der Waals surface area contributed by atoms with Gasteiger partial charge < -0.3 is 5.32 Å². The van der Waals surface area contributed by atoms with Crippen molar-refractivity contribution in [1.29, 1.82) is 0 Å². The Hall–Kier alpha value is -2.04. The monoisotopic (exact) mass is 267 g/mol. The predicted molar refractivity (Wildman–Crippen MR) is 66.2 cm³/mol. The summed E-state index contributed by atoms with van der Waals surface area (Å²) in [5.74, 6) is -0.231. The molecule has 2 nitrogen and oxygen atoms in total. The van der Waals surface area contributed by atoms with E-state index in [-0.39, 0.29) is 17.5 Å². The van der Waals surface area contributed by atoms with E-state index < -0.39 is 11.7 Å². The molecular formula is C14H12F3NO. The van der Waals surface area contributed by atoms with Gasteiger partial charge in [-0.3, -0.25) is 4.79 Å². The van der Waals surface area contributed by atoms with Gasteiger partial charge in [0.15, 0.2) is 0 Å². The first-order valence-corrected chi connectivity index (χ1v) is 5.78. The van der Waals surface area contributed by atoms with Crippen LogP contribution in [0.4, 0.5) is 13.2 Å². The number of carbonyl (C=O) groups excluding carboxylic acids is 1. The summed E-state index contributed by atoms with van der Waals surface area (Å²) in [6.45, 7) is 0. The Labute approximate surface area is 108 Å². The van der Waals surface area contributed by atoms with Gasteiger partial charge in [0.05, 0.1) is 11.6 Å². The molecule has 1 N–H and O–H groups in total. The highest BCUT2D eigenvalue weighted by atomic mass is 19.4. The largest absolute Gasteiger partial charge is 0.416 e. The van der Waals surface area contributed by atoms with Crippen LogP contribution in [0.5, 0.6) is 0 Å². The summed E-state index contributed by atoms with van der Waals surface area (Å²) in [5.41, 5.74) is -0.581. The second kappa shape index (κ2) is 5.30. The molecule has 100 valence electrons. The summed E-state index contributed by atoms with van der Waals surface area (Å²) in [6.07, 6.45) is 2.28. The summed E-state index contributed by atoms with van der Waals surface area (Å²) >= 11 is 0. The third-order valence-electron chi connectivity index (χ3n) is 2.76. The molecule has 1 aliphatic rings. The van der Waals surface area contributed by atoms with Gasteiger partial charge in [0.25, 0.3) is 0 Å². The number of amides is 1. The van der Waals surface area contributed by atoms with E-state index in [0.29, 0.717) is 6.42 Å². The normalized spacial score (nSPS) is 19.7.